The molecule has 3 aromatic rings. The van der Waals surface area contributed by atoms with E-state index in [1.165, 1.54) is 12.0 Å². The van der Waals surface area contributed by atoms with E-state index in [2.05, 4.69) is 48.2 Å². The average Bonchev–Trinajstić information content (AvgIpc) is 3.46. The fourth-order valence-corrected chi connectivity index (χ4v) is 5.47. The molecule has 2 N–H and O–H groups in total. The van der Waals surface area contributed by atoms with Crippen LogP contribution in [-0.2, 0) is 17.9 Å². The summed E-state index contributed by atoms with van der Waals surface area (Å²) < 4.78 is 33.7. The number of nitrogens with zero attached hydrogens (tertiary/aromatic N) is 9. The van der Waals surface area contributed by atoms with Gasteiger partial charge in [0.05, 0.1) is 12.4 Å². The van der Waals surface area contributed by atoms with Crippen molar-refractivity contribution in [2.45, 2.75) is 57.4 Å². The second kappa shape index (κ2) is 16.0. The molecule has 2 fully saturated rings. The van der Waals surface area contributed by atoms with Gasteiger partial charge in [0.15, 0.2) is 17.0 Å². The summed E-state index contributed by atoms with van der Waals surface area (Å²) in [5.74, 6) is -2.41. The van der Waals surface area contributed by atoms with Crippen LogP contribution in [0, 0.1) is 11.3 Å². The highest BCUT2D eigenvalue weighted by Gasteiger charge is 2.38. The molecule has 5 rings (SSSR count). The maximum Gasteiger partial charge on any atom is 0.490 e. The van der Waals surface area contributed by atoms with Crippen molar-refractivity contribution in [1.82, 2.24) is 39.6 Å². The topological polar surface area (TPSA) is 147 Å². The predicted octanol–water partition coefficient (Wildman–Crippen LogP) is 3.12. The Labute approximate surface area is 271 Å². The van der Waals surface area contributed by atoms with E-state index in [0.29, 0.717) is 29.1 Å². The van der Waals surface area contributed by atoms with Crippen LogP contribution < -0.4 is 10.4 Å². The van der Waals surface area contributed by atoms with Gasteiger partial charge in [0.25, 0.3) is 5.91 Å². The van der Waals surface area contributed by atoms with Gasteiger partial charge in [0.2, 0.25) is 5.82 Å². The third-order valence-corrected chi connectivity index (χ3v) is 8.18. The lowest BCUT2D eigenvalue weighted by atomic mass is 9.95. The number of piperazine rings is 1. The second-order valence-corrected chi connectivity index (χ2v) is 12.1. The van der Waals surface area contributed by atoms with Crippen LogP contribution in [0.25, 0.3) is 11.2 Å². The van der Waals surface area contributed by atoms with Crippen molar-refractivity contribution in [2.75, 3.05) is 58.9 Å². The lowest BCUT2D eigenvalue weighted by molar-refractivity contribution is -0.192. The quantitative estimate of drug-likeness (QED) is 0.327. The zero-order chi connectivity index (χ0) is 34.1. The monoisotopic (exact) mass is 658 g/mol. The zero-order valence-corrected chi connectivity index (χ0v) is 26.9. The minimum absolute atomic E-state index is 0.0609. The summed E-state index contributed by atoms with van der Waals surface area (Å²) in [5.41, 5.74) is 6.13. The number of aliphatic carboxylic acids is 1. The number of alkyl halides is 3. The molecule has 2 aromatic heterocycles. The molecule has 47 heavy (non-hydrogen) atoms. The number of anilines is 1. The molecule has 1 saturated heterocycles. The van der Waals surface area contributed by atoms with Crippen molar-refractivity contribution in [3.63, 3.8) is 0 Å². The molecular weight excluding hydrogens is 617 g/mol. The molecule has 1 saturated carbocycles. The lowest BCUT2D eigenvalue weighted by Crippen LogP contribution is -2.50. The Morgan fingerprint density at radius 1 is 1.06 bits per heavy atom. The number of likely N-dealkylation sites (N-methyl/N-ethyl adjacent to an activating group) is 2. The molecule has 0 radical (unpaired) electrons. The summed E-state index contributed by atoms with van der Waals surface area (Å²) in [6.45, 7) is 6.64. The van der Waals surface area contributed by atoms with Crippen LogP contribution in [0.4, 0.5) is 19.0 Å². The van der Waals surface area contributed by atoms with Gasteiger partial charge < -0.3 is 19.5 Å². The summed E-state index contributed by atoms with van der Waals surface area (Å²) >= 11 is 0. The van der Waals surface area contributed by atoms with Crippen LogP contribution in [0.5, 0.6) is 0 Å². The molecule has 1 amide bonds. The fraction of sp³-hybridized carbons (Fsp3) is 0.548. The van der Waals surface area contributed by atoms with E-state index in [9.17, 15) is 23.2 Å². The third-order valence-electron chi connectivity index (χ3n) is 8.18. The van der Waals surface area contributed by atoms with Gasteiger partial charge in [0, 0.05) is 51.4 Å². The van der Waals surface area contributed by atoms with Gasteiger partial charge in [-0.05, 0) is 51.7 Å². The number of aromatic nitrogens is 4. The highest BCUT2D eigenvalue weighted by Crippen LogP contribution is 2.29. The van der Waals surface area contributed by atoms with Gasteiger partial charge in [-0.15, -0.1) is 0 Å². The number of amides is 1. The molecule has 1 aromatic carbocycles. The number of carboxylic acid groups (broad SMARTS) is 1. The normalized spacial score (nSPS) is 16.4. The van der Waals surface area contributed by atoms with E-state index < -0.39 is 12.1 Å². The summed E-state index contributed by atoms with van der Waals surface area (Å²) in [5, 5.41) is 18.7. The van der Waals surface area contributed by atoms with Gasteiger partial charge in [-0.3, -0.25) is 20.1 Å². The number of carbonyl (C=O) groups is 2. The molecule has 3 heterocycles. The van der Waals surface area contributed by atoms with Gasteiger partial charge in [-0.25, -0.2) is 9.78 Å². The van der Waals surface area contributed by atoms with Crippen molar-refractivity contribution in [2.24, 2.45) is 0 Å². The highest BCUT2D eigenvalue weighted by atomic mass is 19.4. The number of benzene rings is 1. The van der Waals surface area contributed by atoms with Crippen LogP contribution >= 0.6 is 0 Å². The fourth-order valence-electron chi connectivity index (χ4n) is 5.47. The Hall–Kier alpha value is -4.33. The largest absolute Gasteiger partial charge is 0.490 e. The van der Waals surface area contributed by atoms with E-state index in [0.717, 1.165) is 65.0 Å². The minimum Gasteiger partial charge on any atom is -0.475 e. The van der Waals surface area contributed by atoms with Crippen LogP contribution in [0.3, 0.4) is 0 Å². The molecule has 254 valence electrons. The number of nitrogens with one attached hydrogen (secondary N) is 1. The maximum absolute atomic E-state index is 13.6. The van der Waals surface area contributed by atoms with Crippen LogP contribution in [0.15, 0.2) is 30.6 Å². The summed E-state index contributed by atoms with van der Waals surface area (Å²) in [7, 11) is 6.19. The molecule has 1 aliphatic heterocycles. The Bertz CT molecular complexity index is 1540. The number of fused-ring (bicyclic) bond motifs is 1. The van der Waals surface area contributed by atoms with Crippen molar-refractivity contribution in [1.29, 1.82) is 5.26 Å². The number of imidazole rings is 1. The van der Waals surface area contributed by atoms with Gasteiger partial charge >= 0.3 is 12.1 Å². The maximum atomic E-state index is 13.6. The molecular formula is C31H41F3N10O3. The molecule has 13 nitrogen and oxygen atoms in total. The number of nitriles is 1. The summed E-state index contributed by atoms with van der Waals surface area (Å²) in [4.78, 5) is 43.1. The summed E-state index contributed by atoms with van der Waals surface area (Å²) in [6, 6.07) is 10.0. The lowest BCUT2D eigenvalue weighted by Gasteiger charge is -2.35. The number of halogens is 3. The third kappa shape index (κ3) is 9.83. The van der Waals surface area contributed by atoms with E-state index in [1.54, 1.807) is 6.33 Å². The highest BCUT2D eigenvalue weighted by molar-refractivity contribution is 5.96. The Kier molecular flexibility index (Phi) is 12.1. The number of hydrogen-bond acceptors (Lipinski definition) is 10. The standard InChI is InChI=1S/C29H40N10O.C2HF3O2/c1-35(2)13-18-38-21-31-26-27(38)32-25(19-30)33-28(26)39(24-7-5-4-6-8-24)34-29(40)23-11-9-22(10-12-23)20-37-16-14-36(3)15-17-37;3-2(4,5)1(6)7/h9-12,21,24H,4-8,13-18,20H2,1-3H3,(H,34,40);(H,6,7). The predicted molar refractivity (Wildman–Crippen MR) is 168 cm³/mol. The number of carbonyl (C=O) groups excluding carboxylic acids is 1. The Morgan fingerprint density at radius 2 is 1.70 bits per heavy atom. The first-order chi connectivity index (χ1) is 22.3. The van der Waals surface area contributed by atoms with Crippen molar-refractivity contribution in [3.8, 4) is 6.07 Å². The van der Waals surface area contributed by atoms with Crippen LogP contribution in [-0.4, -0.2) is 117 Å². The minimum atomic E-state index is -5.08. The molecule has 2 aliphatic rings. The van der Waals surface area contributed by atoms with Crippen molar-refractivity contribution in [3.05, 3.63) is 47.5 Å². The van der Waals surface area contributed by atoms with Gasteiger partial charge in [0.1, 0.15) is 6.07 Å². The first kappa shape index (κ1) is 35.5. The second-order valence-electron chi connectivity index (χ2n) is 12.1. The number of rotatable bonds is 9. The van der Waals surface area contributed by atoms with E-state index in [4.69, 9.17) is 9.90 Å². The van der Waals surface area contributed by atoms with Gasteiger partial charge in [-0.1, -0.05) is 31.4 Å². The molecule has 1 aliphatic carbocycles. The first-order valence-electron chi connectivity index (χ1n) is 15.5. The van der Waals surface area contributed by atoms with Gasteiger partial charge in [-0.2, -0.15) is 28.4 Å². The number of hydrazine groups is 1. The molecule has 16 heteroatoms. The number of carboxylic acids is 1. The van der Waals surface area contributed by atoms with Crippen molar-refractivity contribution < 1.29 is 27.9 Å². The zero-order valence-electron chi connectivity index (χ0n) is 26.9. The van der Waals surface area contributed by atoms with E-state index in [-0.39, 0.29) is 17.8 Å². The SMILES string of the molecule is CN(C)CCn1cnc2c(N(NC(=O)c3ccc(CN4CCN(C)CC4)cc3)C3CCCCC3)nc(C#N)nc21.O=C(O)C(F)(F)F. The van der Waals surface area contributed by atoms with Crippen LogP contribution in [0.2, 0.25) is 0 Å². The van der Waals surface area contributed by atoms with E-state index >= 15 is 0 Å². The average molecular weight is 659 g/mol. The molecule has 0 atom stereocenters. The van der Waals surface area contributed by atoms with E-state index in [1.807, 2.05) is 47.9 Å². The Morgan fingerprint density at radius 3 is 2.28 bits per heavy atom. The molecule has 0 bridgehead atoms. The summed E-state index contributed by atoms with van der Waals surface area (Å²) in [6.07, 6.45) is 1.85. The molecule has 0 unspecified atom stereocenters. The number of hydrogen-bond donors (Lipinski definition) is 2. The van der Waals surface area contributed by atoms with Crippen molar-refractivity contribution >= 4 is 28.9 Å². The smallest absolute Gasteiger partial charge is 0.475 e. The van der Waals surface area contributed by atoms with Crippen LogP contribution in [0.1, 0.15) is 53.8 Å². The molecule has 0 spiro atoms. The first-order valence-corrected chi connectivity index (χ1v) is 15.5. The Balaban J connectivity index is 0.000000644.